The maximum absolute atomic E-state index is 6.07. The van der Waals surface area contributed by atoms with E-state index in [2.05, 4.69) is 50.6 Å². The van der Waals surface area contributed by atoms with Crippen LogP contribution in [-0.2, 0) is 7.05 Å². The van der Waals surface area contributed by atoms with Gasteiger partial charge in [0.25, 0.3) is 0 Å². The summed E-state index contributed by atoms with van der Waals surface area (Å²) in [6.45, 7) is 13.8. The standard InChI is InChI=1S/C18H25N7O/c1-5-25-7-6-21-10-14(25)12-26-18-17(20-3)16(19-2)8-15(23-18)13-9-22-24(4)11-13/h8-9,11,14,21H,2-3,5-7,10,12H2,1,4H3. The molecule has 0 spiro atoms. The highest BCUT2D eigenvalue weighted by atomic mass is 16.5. The second kappa shape index (κ2) is 8.20. The molecule has 8 heteroatoms. The highest BCUT2D eigenvalue weighted by molar-refractivity contribution is 5.76. The molecule has 26 heavy (non-hydrogen) atoms. The van der Waals surface area contributed by atoms with Crippen LogP contribution in [0.4, 0.5) is 11.4 Å². The fourth-order valence-electron chi connectivity index (χ4n) is 3.13. The molecule has 1 unspecified atom stereocenters. The van der Waals surface area contributed by atoms with Gasteiger partial charge >= 0.3 is 0 Å². The third-order valence-electron chi connectivity index (χ3n) is 4.56. The molecule has 3 rings (SSSR count). The monoisotopic (exact) mass is 355 g/mol. The number of rotatable bonds is 7. The zero-order valence-electron chi connectivity index (χ0n) is 15.4. The molecular weight excluding hydrogens is 330 g/mol. The molecule has 0 saturated carbocycles. The molecule has 0 aromatic carbocycles. The summed E-state index contributed by atoms with van der Waals surface area (Å²) < 4.78 is 7.80. The molecule has 0 radical (unpaired) electrons. The summed E-state index contributed by atoms with van der Waals surface area (Å²) in [5, 5.41) is 7.61. The Kier molecular flexibility index (Phi) is 5.75. The summed E-state index contributed by atoms with van der Waals surface area (Å²) in [6.07, 6.45) is 3.65. The third kappa shape index (κ3) is 3.81. The van der Waals surface area contributed by atoms with Crippen molar-refractivity contribution in [3.63, 3.8) is 0 Å². The van der Waals surface area contributed by atoms with Crippen LogP contribution in [0.1, 0.15) is 6.92 Å². The van der Waals surface area contributed by atoms with Gasteiger partial charge in [-0.3, -0.25) is 19.6 Å². The van der Waals surface area contributed by atoms with Crippen molar-refractivity contribution in [2.24, 2.45) is 17.0 Å². The average molecular weight is 355 g/mol. The lowest BCUT2D eigenvalue weighted by Gasteiger charge is -2.35. The topological polar surface area (TPSA) is 79.9 Å². The van der Waals surface area contributed by atoms with Gasteiger partial charge in [-0.2, -0.15) is 5.10 Å². The van der Waals surface area contributed by atoms with Crippen molar-refractivity contribution < 1.29 is 4.74 Å². The number of piperazine rings is 1. The lowest BCUT2D eigenvalue weighted by Crippen LogP contribution is -2.53. The molecule has 8 nitrogen and oxygen atoms in total. The van der Waals surface area contributed by atoms with E-state index >= 15 is 0 Å². The Morgan fingerprint density at radius 2 is 2.23 bits per heavy atom. The summed E-state index contributed by atoms with van der Waals surface area (Å²) in [7, 11) is 1.86. The number of hydrogen-bond donors (Lipinski definition) is 1. The van der Waals surface area contributed by atoms with Gasteiger partial charge in [-0.05, 0) is 26.0 Å². The molecule has 1 aliphatic rings. The largest absolute Gasteiger partial charge is 0.474 e. The van der Waals surface area contributed by atoms with E-state index in [1.807, 2.05) is 19.3 Å². The average Bonchev–Trinajstić information content (AvgIpc) is 3.12. The fraction of sp³-hybridized carbons (Fsp3) is 0.444. The highest BCUT2D eigenvalue weighted by Crippen LogP contribution is 2.38. The molecule has 0 amide bonds. The summed E-state index contributed by atoms with van der Waals surface area (Å²) >= 11 is 0. The van der Waals surface area contributed by atoms with Crippen molar-refractivity contribution in [3.8, 4) is 17.1 Å². The van der Waals surface area contributed by atoms with Crippen LogP contribution < -0.4 is 10.1 Å². The van der Waals surface area contributed by atoms with Crippen molar-refractivity contribution in [1.29, 1.82) is 0 Å². The van der Waals surface area contributed by atoms with E-state index in [1.165, 1.54) is 0 Å². The molecule has 1 aliphatic heterocycles. The van der Waals surface area contributed by atoms with Crippen molar-refractivity contribution in [2.45, 2.75) is 13.0 Å². The smallest absolute Gasteiger partial charge is 0.242 e. The normalized spacial score (nSPS) is 17.8. The Balaban J connectivity index is 1.88. The highest BCUT2D eigenvalue weighted by Gasteiger charge is 2.23. The minimum absolute atomic E-state index is 0.287. The van der Waals surface area contributed by atoms with Crippen molar-refractivity contribution in [2.75, 3.05) is 32.8 Å². The van der Waals surface area contributed by atoms with Crippen molar-refractivity contribution in [3.05, 3.63) is 18.5 Å². The zero-order chi connectivity index (χ0) is 18.5. The molecule has 138 valence electrons. The lowest BCUT2D eigenvalue weighted by atomic mass is 10.2. The molecule has 1 N–H and O–H groups in total. The molecule has 3 heterocycles. The SMILES string of the molecule is C=Nc1cc(-c2cnn(C)c2)nc(OCC2CNCCN2CC)c1N=C. The predicted molar refractivity (Wildman–Crippen MR) is 104 cm³/mol. The van der Waals surface area contributed by atoms with E-state index in [1.54, 1.807) is 10.9 Å². The number of pyridine rings is 1. The van der Waals surface area contributed by atoms with Crippen LogP contribution in [0.25, 0.3) is 11.3 Å². The van der Waals surface area contributed by atoms with Crippen LogP contribution in [0.15, 0.2) is 28.4 Å². The summed E-state index contributed by atoms with van der Waals surface area (Å²) in [5.41, 5.74) is 2.71. The van der Waals surface area contributed by atoms with Crippen molar-refractivity contribution in [1.82, 2.24) is 25.0 Å². The number of nitrogens with zero attached hydrogens (tertiary/aromatic N) is 6. The van der Waals surface area contributed by atoms with Crippen LogP contribution >= 0.6 is 0 Å². The number of aliphatic imine (C=N–C) groups is 2. The summed E-state index contributed by atoms with van der Waals surface area (Å²) in [6, 6.07) is 2.11. The van der Waals surface area contributed by atoms with Crippen molar-refractivity contribution >= 4 is 24.8 Å². The number of aromatic nitrogens is 3. The first-order valence-electron chi connectivity index (χ1n) is 8.71. The fourth-order valence-corrected chi connectivity index (χ4v) is 3.13. The summed E-state index contributed by atoms with van der Waals surface area (Å²) in [5.74, 6) is 0.422. The Morgan fingerprint density at radius 1 is 1.38 bits per heavy atom. The quantitative estimate of drug-likeness (QED) is 0.767. The maximum atomic E-state index is 6.07. The molecule has 2 aromatic heterocycles. The molecule has 0 aliphatic carbocycles. The number of likely N-dealkylation sites (N-methyl/N-ethyl adjacent to an activating group) is 1. The molecule has 1 fully saturated rings. The van der Waals surface area contributed by atoms with E-state index in [9.17, 15) is 0 Å². The Morgan fingerprint density at radius 3 is 2.88 bits per heavy atom. The van der Waals surface area contributed by atoms with E-state index in [-0.39, 0.29) is 6.04 Å². The number of ether oxygens (including phenoxy) is 1. The van der Waals surface area contributed by atoms with Crippen LogP contribution in [0, 0.1) is 0 Å². The maximum Gasteiger partial charge on any atom is 0.242 e. The Bertz CT molecular complexity index is 786. The number of hydrogen-bond acceptors (Lipinski definition) is 7. The minimum Gasteiger partial charge on any atom is -0.474 e. The minimum atomic E-state index is 0.287. The third-order valence-corrected chi connectivity index (χ3v) is 4.56. The number of aryl methyl sites for hydroxylation is 1. The first kappa shape index (κ1) is 18.2. The molecule has 1 saturated heterocycles. The van der Waals surface area contributed by atoms with E-state index < -0.39 is 0 Å². The predicted octanol–water partition coefficient (Wildman–Crippen LogP) is 1.82. The first-order valence-corrected chi connectivity index (χ1v) is 8.71. The van der Waals surface area contributed by atoms with Gasteiger partial charge in [-0.15, -0.1) is 0 Å². The van der Waals surface area contributed by atoms with Gasteiger partial charge in [-0.25, -0.2) is 4.98 Å². The molecule has 2 aromatic rings. The molecule has 0 bridgehead atoms. The molecule has 1 atom stereocenters. The van der Waals surface area contributed by atoms with Crippen LogP contribution in [0.3, 0.4) is 0 Å². The second-order valence-corrected chi connectivity index (χ2v) is 6.20. The van der Waals surface area contributed by atoms with Crippen LogP contribution in [-0.4, -0.2) is 71.9 Å². The summed E-state index contributed by atoms with van der Waals surface area (Å²) in [4.78, 5) is 15.2. The van der Waals surface area contributed by atoms with Gasteiger partial charge in [0.15, 0.2) is 0 Å². The van der Waals surface area contributed by atoms with Gasteiger partial charge in [0, 0.05) is 38.4 Å². The molecular formula is C18H25N7O. The van der Waals surface area contributed by atoms with Crippen LogP contribution in [0.5, 0.6) is 5.88 Å². The van der Waals surface area contributed by atoms with Crippen LogP contribution in [0.2, 0.25) is 0 Å². The van der Waals surface area contributed by atoms with E-state index in [0.717, 1.165) is 37.4 Å². The van der Waals surface area contributed by atoms with E-state index in [4.69, 9.17) is 4.74 Å². The lowest BCUT2D eigenvalue weighted by molar-refractivity contribution is 0.114. The van der Waals surface area contributed by atoms with Gasteiger partial charge in [0.05, 0.1) is 23.6 Å². The second-order valence-electron chi connectivity index (χ2n) is 6.20. The zero-order valence-corrected chi connectivity index (χ0v) is 15.4. The van der Waals surface area contributed by atoms with Gasteiger partial charge in [0.1, 0.15) is 12.3 Å². The van der Waals surface area contributed by atoms with Gasteiger partial charge in [0.2, 0.25) is 5.88 Å². The Labute approximate surface area is 153 Å². The van der Waals surface area contributed by atoms with Gasteiger partial charge < -0.3 is 10.1 Å². The van der Waals surface area contributed by atoms with Gasteiger partial charge in [-0.1, -0.05) is 6.92 Å². The number of nitrogens with one attached hydrogen (secondary N) is 1. The van der Waals surface area contributed by atoms with E-state index in [0.29, 0.717) is 23.9 Å². The Hall–Kier alpha value is -2.58. The first-order chi connectivity index (χ1) is 12.7.